The minimum atomic E-state index is 0.291. The van der Waals surface area contributed by atoms with Crippen molar-refractivity contribution in [1.29, 1.82) is 0 Å². The number of hydrogen-bond acceptors (Lipinski definition) is 4. The maximum Gasteiger partial charge on any atom is 0.0756 e. The number of thiophene rings is 1. The molecule has 4 nitrogen and oxygen atoms in total. The third-order valence-electron chi connectivity index (χ3n) is 2.58. The molecular formula is C11H16N4S. The third-order valence-corrected chi connectivity index (χ3v) is 3.31. The van der Waals surface area contributed by atoms with Crippen molar-refractivity contribution in [1.82, 2.24) is 20.3 Å². The van der Waals surface area contributed by atoms with Crippen molar-refractivity contribution in [2.45, 2.75) is 19.4 Å². The second-order valence-electron chi connectivity index (χ2n) is 3.73. The Labute approximate surface area is 99.3 Å². The molecule has 0 aliphatic carbocycles. The molecule has 2 heterocycles. The lowest BCUT2D eigenvalue weighted by molar-refractivity contribution is 0.506. The highest BCUT2D eigenvalue weighted by molar-refractivity contribution is 7.07. The summed E-state index contributed by atoms with van der Waals surface area (Å²) in [4.78, 5) is 0. The summed E-state index contributed by atoms with van der Waals surface area (Å²) in [5, 5.41) is 15.7. The first kappa shape index (κ1) is 11.3. The van der Waals surface area contributed by atoms with E-state index in [0.717, 1.165) is 18.7 Å². The van der Waals surface area contributed by atoms with Crippen LogP contribution in [0.1, 0.15) is 24.2 Å². The van der Waals surface area contributed by atoms with E-state index in [0.29, 0.717) is 6.04 Å². The van der Waals surface area contributed by atoms with Gasteiger partial charge in [0.25, 0.3) is 0 Å². The summed E-state index contributed by atoms with van der Waals surface area (Å²) >= 11 is 1.74. The van der Waals surface area contributed by atoms with Crippen molar-refractivity contribution in [3.05, 3.63) is 34.3 Å². The first-order valence-corrected chi connectivity index (χ1v) is 6.34. The van der Waals surface area contributed by atoms with Crippen LogP contribution in [0.4, 0.5) is 0 Å². The van der Waals surface area contributed by atoms with E-state index in [2.05, 4.69) is 39.4 Å². The second kappa shape index (κ2) is 5.23. The van der Waals surface area contributed by atoms with Crippen molar-refractivity contribution >= 4 is 11.3 Å². The smallest absolute Gasteiger partial charge is 0.0756 e. The summed E-state index contributed by atoms with van der Waals surface area (Å²) in [5.41, 5.74) is 2.49. The zero-order valence-corrected chi connectivity index (χ0v) is 10.4. The third kappa shape index (κ3) is 2.48. The molecule has 0 amide bonds. The van der Waals surface area contributed by atoms with E-state index in [1.807, 2.05) is 17.9 Å². The summed E-state index contributed by atoms with van der Waals surface area (Å²) in [5.74, 6) is 0. The molecule has 0 bridgehead atoms. The Kier molecular flexibility index (Phi) is 3.69. The maximum absolute atomic E-state index is 3.98. The predicted octanol–water partition coefficient (Wildman–Crippen LogP) is 1.77. The molecule has 0 fully saturated rings. The van der Waals surface area contributed by atoms with Gasteiger partial charge < -0.3 is 5.32 Å². The zero-order chi connectivity index (χ0) is 11.4. The normalized spacial score (nSPS) is 12.9. The molecule has 0 radical (unpaired) electrons. The van der Waals surface area contributed by atoms with Gasteiger partial charge in [-0.15, -0.1) is 5.10 Å². The predicted molar refractivity (Wildman–Crippen MR) is 65.4 cm³/mol. The van der Waals surface area contributed by atoms with Crippen LogP contribution >= 0.6 is 11.3 Å². The van der Waals surface area contributed by atoms with Gasteiger partial charge in [0.2, 0.25) is 0 Å². The molecule has 86 valence electrons. The zero-order valence-electron chi connectivity index (χ0n) is 9.55. The Balaban J connectivity index is 2.14. The fourth-order valence-corrected chi connectivity index (χ4v) is 2.47. The molecule has 2 rings (SSSR count). The monoisotopic (exact) mass is 236 g/mol. The number of likely N-dealkylation sites (N-methyl/N-ethyl adjacent to an activating group) is 1. The molecule has 1 atom stereocenters. The fraction of sp³-hybridized carbons (Fsp3) is 0.455. The van der Waals surface area contributed by atoms with Crippen LogP contribution in [0.25, 0.3) is 0 Å². The first-order valence-electron chi connectivity index (χ1n) is 5.40. The highest BCUT2D eigenvalue weighted by atomic mass is 32.1. The van der Waals surface area contributed by atoms with Crippen molar-refractivity contribution in [2.75, 3.05) is 6.54 Å². The van der Waals surface area contributed by atoms with Gasteiger partial charge >= 0.3 is 0 Å². The lowest BCUT2D eigenvalue weighted by Gasteiger charge is -2.16. The summed E-state index contributed by atoms with van der Waals surface area (Å²) in [6.45, 7) is 3.06. The number of nitrogens with one attached hydrogen (secondary N) is 1. The fourth-order valence-electron chi connectivity index (χ4n) is 1.79. The van der Waals surface area contributed by atoms with Crippen LogP contribution < -0.4 is 5.32 Å². The average Bonchev–Trinajstić information content (AvgIpc) is 2.88. The van der Waals surface area contributed by atoms with Gasteiger partial charge in [0.05, 0.1) is 17.9 Å². The number of aryl methyl sites for hydroxylation is 1. The molecule has 0 saturated carbocycles. The van der Waals surface area contributed by atoms with Gasteiger partial charge in [-0.25, -0.2) is 0 Å². The van der Waals surface area contributed by atoms with E-state index in [1.165, 1.54) is 5.56 Å². The van der Waals surface area contributed by atoms with Crippen molar-refractivity contribution in [3.63, 3.8) is 0 Å². The average molecular weight is 236 g/mol. The quantitative estimate of drug-likeness (QED) is 0.860. The number of rotatable bonds is 5. The molecule has 1 N–H and O–H groups in total. The van der Waals surface area contributed by atoms with Crippen molar-refractivity contribution in [2.24, 2.45) is 7.05 Å². The summed E-state index contributed by atoms with van der Waals surface area (Å²) in [6.07, 6.45) is 2.82. The van der Waals surface area contributed by atoms with E-state index in [4.69, 9.17) is 0 Å². The van der Waals surface area contributed by atoms with Gasteiger partial charge in [-0.1, -0.05) is 12.1 Å². The topological polar surface area (TPSA) is 42.7 Å². The van der Waals surface area contributed by atoms with E-state index in [9.17, 15) is 0 Å². The molecule has 0 aromatic carbocycles. The van der Waals surface area contributed by atoms with E-state index >= 15 is 0 Å². The van der Waals surface area contributed by atoms with E-state index < -0.39 is 0 Å². The molecule has 5 heteroatoms. The Bertz CT molecular complexity index is 421. The van der Waals surface area contributed by atoms with Gasteiger partial charge in [-0.05, 0) is 35.4 Å². The molecule has 16 heavy (non-hydrogen) atoms. The van der Waals surface area contributed by atoms with E-state index in [1.54, 1.807) is 11.3 Å². The lowest BCUT2D eigenvalue weighted by Crippen LogP contribution is -2.25. The molecule has 2 aromatic heterocycles. The minimum absolute atomic E-state index is 0.291. The van der Waals surface area contributed by atoms with Crippen LogP contribution in [-0.2, 0) is 13.5 Å². The van der Waals surface area contributed by atoms with Gasteiger partial charge in [-0.3, -0.25) is 4.68 Å². The molecule has 0 aliphatic heterocycles. The SMILES string of the molecule is CCNC(Cc1ccsc1)c1cnnn1C. The van der Waals surface area contributed by atoms with Crippen LogP contribution in [0.3, 0.4) is 0 Å². The van der Waals surface area contributed by atoms with Crippen LogP contribution in [0.2, 0.25) is 0 Å². The molecule has 0 saturated heterocycles. The van der Waals surface area contributed by atoms with E-state index in [-0.39, 0.29) is 0 Å². The number of hydrogen-bond donors (Lipinski definition) is 1. The lowest BCUT2D eigenvalue weighted by atomic mass is 10.1. The summed E-state index contributed by atoms with van der Waals surface area (Å²) in [7, 11) is 1.93. The summed E-state index contributed by atoms with van der Waals surface area (Å²) < 4.78 is 1.83. The summed E-state index contributed by atoms with van der Waals surface area (Å²) in [6, 6.07) is 2.46. The van der Waals surface area contributed by atoms with Crippen LogP contribution in [-0.4, -0.2) is 21.5 Å². The maximum atomic E-state index is 3.98. The van der Waals surface area contributed by atoms with Crippen LogP contribution in [0.5, 0.6) is 0 Å². The Morgan fingerprint density at radius 2 is 2.44 bits per heavy atom. The van der Waals surface area contributed by atoms with Crippen molar-refractivity contribution in [3.8, 4) is 0 Å². The first-order chi connectivity index (χ1) is 7.81. The standard InChI is InChI=1S/C11H16N4S/c1-3-12-10(6-9-4-5-16-8-9)11-7-13-14-15(11)2/h4-5,7-8,10,12H,3,6H2,1-2H3. The highest BCUT2D eigenvalue weighted by Crippen LogP contribution is 2.18. The van der Waals surface area contributed by atoms with Crippen LogP contribution in [0, 0.1) is 0 Å². The van der Waals surface area contributed by atoms with Gasteiger partial charge in [0.15, 0.2) is 0 Å². The van der Waals surface area contributed by atoms with Gasteiger partial charge in [0.1, 0.15) is 0 Å². The number of aromatic nitrogens is 3. The van der Waals surface area contributed by atoms with Crippen LogP contribution in [0.15, 0.2) is 23.0 Å². The minimum Gasteiger partial charge on any atom is -0.309 e. The molecule has 1 unspecified atom stereocenters. The largest absolute Gasteiger partial charge is 0.309 e. The highest BCUT2D eigenvalue weighted by Gasteiger charge is 2.15. The van der Waals surface area contributed by atoms with Crippen molar-refractivity contribution < 1.29 is 0 Å². The Morgan fingerprint density at radius 3 is 3.00 bits per heavy atom. The molecule has 0 spiro atoms. The second-order valence-corrected chi connectivity index (χ2v) is 4.51. The Hall–Kier alpha value is -1.20. The molecule has 2 aromatic rings. The molecular weight excluding hydrogens is 220 g/mol. The Morgan fingerprint density at radius 1 is 1.56 bits per heavy atom. The van der Waals surface area contributed by atoms with Gasteiger partial charge in [-0.2, -0.15) is 11.3 Å². The van der Waals surface area contributed by atoms with Gasteiger partial charge in [0, 0.05) is 7.05 Å². The molecule has 0 aliphatic rings. The number of nitrogens with zero attached hydrogens (tertiary/aromatic N) is 3.